The number of rotatable bonds is 5. The van der Waals surface area contributed by atoms with Crippen molar-refractivity contribution in [2.45, 2.75) is 13.0 Å². The molecular formula is C26H24ClNO6. The molecule has 0 saturated heterocycles. The van der Waals surface area contributed by atoms with Crippen LogP contribution in [0.1, 0.15) is 11.1 Å². The molecule has 0 atom stereocenters. The second-order valence-corrected chi connectivity index (χ2v) is 8.48. The van der Waals surface area contributed by atoms with Crippen LogP contribution in [0.3, 0.4) is 0 Å². The van der Waals surface area contributed by atoms with Gasteiger partial charge in [-0.1, -0.05) is 17.7 Å². The van der Waals surface area contributed by atoms with Crippen molar-refractivity contribution in [1.82, 2.24) is 4.90 Å². The van der Waals surface area contributed by atoms with Gasteiger partial charge in [0.2, 0.25) is 12.7 Å². The minimum atomic E-state index is 0.0000197. The fourth-order valence-corrected chi connectivity index (χ4v) is 4.42. The lowest BCUT2D eigenvalue weighted by molar-refractivity contribution is -0.131. The maximum atomic E-state index is 13.2. The van der Waals surface area contributed by atoms with Gasteiger partial charge in [0.25, 0.3) is 0 Å². The standard InChI is InChI=1S/C26H24ClNO6/c1-30-21-6-4-19(27)13-20(21)17-11-18-14-28(7-8-32-26(18)24(12-17)31-2)25(29)10-16-3-5-22-23(9-16)34-15-33-22/h3-6,9,11-13H,7-8,10,14-15H2,1-2H3. The summed E-state index contributed by atoms with van der Waals surface area (Å²) in [5.41, 5.74) is 3.42. The summed E-state index contributed by atoms with van der Waals surface area (Å²) in [5, 5.41) is 0.599. The van der Waals surface area contributed by atoms with Gasteiger partial charge in [0.05, 0.1) is 27.2 Å². The second-order valence-electron chi connectivity index (χ2n) is 8.04. The van der Waals surface area contributed by atoms with Gasteiger partial charge in [0, 0.05) is 22.7 Å². The fourth-order valence-electron chi connectivity index (χ4n) is 4.25. The predicted molar refractivity (Wildman–Crippen MR) is 127 cm³/mol. The van der Waals surface area contributed by atoms with Crippen molar-refractivity contribution < 1.29 is 28.5 Å². The smallest absolute Gasteiger partial charge is 0.231 e. The third-order valence-corrected chi connectivity index (χ3v) is 6.17. The van der Waals surface area contributed by atoms with Crippen LogP contribution in [0, 0.1) is 0 Å². The third kappa shape index (κ3) is 4.31. The van der Waals surface area contributed by atoms with Crippen molar-refractivity contribution in [3.63, 3.8) is 0 Å². The molecule has 2 aliphatic rings. The first-order chi connectivity index (χ1) is 16.6. The molecule has 0 radical (unpaired) electrons. The number of ether oxygens (including phenoxy) is 5. The Morgan fingerprint density at radius 2 is 1.79 bits per heavy atom. The summed E-state index contributed by atoms with van der Waals surface area (Å²) in [6, 6.07) is 14.9. The van der Waals surface area contributed by atoms with E-state index < -0.39 is 0 Å². The van der Waals surface area contributed by atoms with E-state index in [1.54, 1.807) is 25.2 Å². The van der Waals surface area contributed by atoms with Gasteiger partial charge in [-0.3, -0.25) is 4.79 Å². The van der Waals surface area contributed by atoms with E-state index in [4.69, 9.17) is 35.3 Å². The highest BCUT2D eigenvalue weighted by Crippen LogP contribution is 2.41. The third-order valence-electron chi connectivity index (χ3n) is 5.94. The van der Waals surface area contributed by atoms with Crippen molar-refractivity contribution >= 4 is 17.5 Å². The van der Waals surface area contributed by atoms with E-state index in [-0.39, 0.29) is 19.1 Å². The largest absolute Gasteiger partial charge is 0.496 e. The highest BCUT2D eigenvalue weighted by molar-refractivity contribution is 6.31. The van der Waals surface area contributed by atoms with Crippen LogP contribution in [0.4, 0.5) is 0 Å². The molecule has 0 bridgehead atoms. The van der Waals surface area contributed by atoms with Crippen LogP contribution in [-0.2, 0) is 17.8 Å². The molecule has 1 amide bonds. The highest BCUT2D eigenvalue weighted by Gasteiger charge is 2.25. The number of hydrogen-bond donors (Lipinski definition) is 0. The monoisotopic (exact) mass is 481 g/mol. The Morgan fingerprint density at radius 3 is 2.62 bits per heavy atom. The average molecular weight is 482 g/mol. The molecule has 2 heterocycles. The zero-order valence-corrected chi connectivity index (χ0v) is 19.7. The highest BCUT2D eigenvalue weighted by atomic mass is 35.5. The van der Waals surface area contributed by atoms with Gasteiger partial charge >= 0.3 is 0 Å². The van der Waals surface area contributed by atoms with E-state index in [9.17, 15) is 4.79 Å². The van der Waals surface area contributed by atoms with Crippen molar-refractivity contribution in [2.75, 3.05) is 34.2 Å². The van der Waals surface area contributed by atoms with E-state index in [0.29, 0.717) is 53.5 Å². The Kier molecular flexibility index (Phi) is 6.11. The second kappa shape index (κ2) is 9.35. The quantitative estimate of drug-likeness (QED) is 0.525. The van der Waals surface area contributed by atoms with E-state index in [2.05, 4.69) is 0 Å². The summed E-state index contributed by atoms with van der Waals surface area (Å²) in [6.07, 6.45) is 0.255. The summed E-state index contributed by atoms with van der Waals surface area (Å²) < 4.78 is 28.0. The molecule has 0 saturated carbocycles. The van der Waals surface area contributed by atoms with Crippen LogP contribution in [0.25, 0.3) is 11.1 Å². The molecule has 0 spiro atoms. The number of hydrogen-bond acceptors (Lipinski definition) is 6. The first kappa shape index (κ1) is 22.2. The maximum Gasteiger partial charge on any atom is 0.231 e. The van der Waals surface area contributed by atoms with Gasteiger partial charge in [-0.25, -0.2) is 0 Å². The van der Waals surface area contributed by atoms with Crippen LogP contribution in [0.2, 0.25) is 5.02 Å². The van der Waals surface area contributed by atoms with Crippen LogP contribution in [-0.4, -0.2) is 45.0 Å². The molecule has 0 aliphatic carbocycles. The number of benzene rings is 3. The fraction of sp³-hybridized carbons (Fsp3) is 0.269. The molecule has 0 N–H and O–H groups in total. The summed E-state index contributed by atoms with van der Waals surface area (Å²) in [4.78, 5) is 15.0. The van der Waals surface area contributed by atoms with E-state index >= 15 is 0 Å². The lowest BCUT2D eigenvalue weighted by Gasteiger charge is -2.21. The normalized spacial score (nSPS) is 14.1. The Hall–Kier alpha value is -3.58. The molecule has 34 heavy (non-hydrogen) atoms. The molecule has 8 heteroatoms. The van der Waals surface area contributed by atoms with Crippen LogP contribution >= 0.6 is 11.6 Å². The lowest BCUT2D eigenvalue weighted by Crippen LogP contribution is -2.33. The zero-order chi connectivity index (χ0) is 23.7. The first-order valence-electron chi connectivity index (χ1n) is 10.9. The summed E-state index contributed by atoms with van der Waals surface area (Å²) in [7, 11) is 3.22. The molecule has 176 valence electrons. The van der Waals surface area contributed by atoms with Gasteiger partial charge in [-0.05, 0) is 53.6 Å². The molecule has 3 aromatic carbocycles. The minimum absolute atomic E-state index is 0.0000197. The van der Waals surface area contributed by atoms with Crippen LogP contribution in [0.5, 0.6) is 28.7 Å². The number of fused-ring (bicyclic) bond motifs is 2. The number of amides is 1. The van der Waals surface area contributed by atoms with Gasteiger partial charge in [-0.15, -0.1) is 0 Å². The van der Waals surface area contributed by atoms with E-state index in [1.807, 2.05) is 42.5 Å². The van der Waals surface area contributed by atoms with E-state index in [0.717, 1.165) is 22.3 Å². The topological polar surface area (TPSA) is 66.5 Å². The Balaban J connectivity index is 1.44. The molecular weight excluding hydrogens is 458 g/mol. The van der Waals surface area contributed by atoms with Gasteiger partial charge in [0.15, 0.2) is 23.0 Å². The van der Waals surface area contributed by atoms with Gasteiger partial charge in [-0.2, -0.15) is 0 Å². The molecule has 7 nitrogen and oxygen atoms in total. The van der Waals surface area contributed by atoms with Crippen molar-refractivity contribution in [3.8, 4) is 39.9 Å². The summed E-state index contributed by atoms with van der Waals surface area (Å²) in [6.45, 7) is 1.44. The number of halogens is 1. The van der Waals surface area contributed by atoms with Crippen molar-refractivity contribution in [2.24, 2.45) is 0 Å². The van der Waals surface area contributed by atoms with Crippen LogP contribution < -0.4 is 23.7 Å². The molecule has 5 rings (SSSR count). The lowest BCUT2D eigenvalue weighted by atomic mass is 10.00. The maximum absolute atomic E-state index is 13.2. The number of nitrogens with zero attached hydrogens (tertiary/aromatic N) is 1. The Bertz CT molecular complexity index is 1240. The van der Waals surface area contributed by atoms with Crippen LogP contribution in [0.15, 0.2) is 48.5 Å². The Labute approximate surface area is 202 Å². The van der Waals surface area contributed by atoms with Crippen molar-refractivity contribution in [1.29, 1.82) is 0 Å². The first-order valence-corrected chi connectivity index (χ1v) is 11.3. The zero-order valence-electron chi connectivity index (χ0n) is 18.9. The van der Waals surface area contributed by atoms with Gasteiger partial charge in [0.1, 0.15) is 12.4 Å². The summed E-state index contributed by atoms with van der Waals surface area (Å²) >= 11 is 6.26. The molecule has 0 unspecified atom stereocenters. The molecule has 2 aliphatic heterocycles. The van der Waals surface area contributed by atoms with Crippen molar-refractivity contribution in [3.05, 3.63) is 64.7 Å². The average Bonchev–Trinajstić information content (AvgIpc) is 3.20. The molecule has 0 fully saturated rings. The van der Waals surface area contributed by atoms with E-state index in [1.165, 1.54) is 0 Å². The Morgan fingerprint density at radius 1 is 0.971 bits per heavy atom. The minimum Gasteiger partial charge on any atom is -0.496 e. The predicted octanol–water partition coefficient (Wildman–Crippen LogP) is 4.72. The number of carbonyl (C=O) groups excluding carboxylic acids is 1. The van der Waals surface area contributed by atoms with Gasteiger partial charge < -0.3 is 28.6 Å². The number of methoxy groups -OCH3 is 2. The number of carbonyl (C=O) groups is 1. The molecule has 0 aromatic heterocycles. The molecule has 3 aromatic rings. The summed E-state index contributed by atoms with van der Waals surface area (Å²) in [5.74, 6) is 3.30. The SMILES string of the molecule is COc1ccc(Cl)cc1-c1cc2c(c(OC)c1)OCCN(C(=O)Cc1ccc3c(c1)OCO3)C2.